The van der Waals surface area contributed by atoms with Crippen LogP contribution < -0.4 is 10.6 Å². The van der Waals surface area contributed by atoms with Crippen LogP contribution in [0.15, 0.2) is 16.9 Å². The van der Waals surface area contributed by atoms with Crippen LogP contribution in [-0.4, -0.2) is 102 Å². The van der Waals surface area contributed by atoms with Gasteiger partial charge in [-0.3, -0.25) is 14.4 Å². The molecular weight excluding hydrogens is 476 g/mol. The van der Waals surface area contributed by atoms with Crippen molar-refractivity contribution < 1.29 is 24.3 Å². The van der Waals surface area contributed by atoms with E-state index in [1.54, 1.807) is 6.92 Å². The Hall–Kier alpha value is -3.00. The zero-order valence-corrected chi connectivity index (χ0v) is 20.3. The van der Waals surface area contributed by atoms with Crippen LogP contribution in [-0.2, 0) is 25.7 Å². The molecule has 3 saturated heterocycles. The first-order valence-electron chi connectivity index (χ1n) is 11.8. The van der Waals surface area contributed by atoms with Gasteiger partial charge in [0.15, 0.2) is 0 Å². The number of β-lactam (4-membered cyclic amide) rings is 1. The van der Waals surface area contributed by atoms with Gasteiger partial charge in [0, 0.05) is 35.2 Å². The van der Waals surface area contributed by atoms with Crippen LogP contribution in [0.25, 0.3) is 0 Å². The summed E-state index contributed by atoms with van der Waals surface area (Å²) in [6.07, 6.45) is 3.17. The molecule has 5 rings (SSSR count). The monoisotopic (exact) mass is 504 g/mol. The summed E-state index contributed by atoms with van der Waals surface area (Å²) in [5.74, 6) is -2.37. The zero-order valence-electron chi connectivity index (χ0n) is 19.5. The highest BCUT2D eigenvalue weighted by molar-refractivity contribution is 8.03. The SMILES string of the molecule is C[C@@H](NC(=O)Cn1cnnn1)[C@H]1C(=O)N2C(C(=O)O)=C(SC3CN(C(=O)[C@@H]4CCCN4)C3)[C@H](C)[C@H]12. The Bertz CT molecular complexity index is 1070. The maximum absolute atomic E-state index is 13.0. The first kappa shape index (κ1) is 23.7. The summed E-state index contributed by atoms with van der Waals surface area (Å²) >= 11 is 1.46. The molecule has 14 heteroatoms. The van der Waals surface area contributed by atoms with Crippen LogP contribution in [0.2, 0.25) is 0 Å². The average molecular weight is 505 g/mol. The normalized spacial score (nSPS) is 29.0. The third-order valence-electron chi connectivity index (χ3n) is 7.23. The standard InChI is InChI=1S/C21H28N8O5S/c1-10-16-15(11(2)24-14(30)8-28-9-23-25-26-28)20(32)29(16)17(21(33)34)18(10)35-12-6-27(7-12)19(31)13-4-3-5-22-13/h9-13,15-16,22H,3-8H2,1-2H3,(H,24,30)(H,33,34)/t10-,11-,13+,15-,16-/m1/s1. The van der Waals surface area contributed by atoms with Crippen molar-refractivity contribution in [3.05, 3.63) is 16.9 Å². The number of amides is 3. The van der Waals surface area contributed by atoms with Crippen LogP contribution >= 0.6 is 11.8 Å². The lowest BCUT2D eigenvalue weighted by molar-refractivity contribution is -0.158. The Labute approximate surface area is 205 Å². The van der Waals surface area contributed by atoms with Crippen molar-refractivity contribution in [3.8, 4) is 0 Å². The Morgan fingerprint density at radius 3 is 2.74 bits per heavy atom. The van der Waals surface area contributed by atoms with E-state index in [0.717, 1.165) is 19.4 Å². The first-order chi connectivity index (χ1) is 16.8. The van der Waals surface area contributed by atoms with Crippen LogP contribution in [0, 0.1) is 11.8 Å². The van der Waals surface area contributed by atoms with Crippen molar-refractivity contribution in [1.29, 1.82) is 0 Å². The van der Waals surface area contributed by atoms with Gasteiger partial charge < -0.3 is 25.5 Å². The number of rotatable bonds is 8. The van der Waals surface area contributed by atoms with Gasteiger partial charge >= 0.3 is 5.97 Å². The fourth-order valence-electron chi connectivity index (χ4n) is 5.47. The van der Waals surface area contributed by atoms with E-state index in [0.29, 0.717) is 18.0 Å². The smallest absolute Gasteiger partial charge is 0.353 e. The largest absolute Gasteiger partial charge is 0.477 e. The lowest BCUT2D eigenvalue weighted by Gasteiger charge is -2.47. The van der Waals surface area contributed by atoms with Gasteiger partial charge in [-0.1, -0.05) is 6.92 Å². The lowest BCUT2D eigenvalue weighted by Crippen LogP contribution is -2.66. The number of carboxylic acid groups (broad SMARTS) is 1. The van der Waals surface area contributed by atoms with E-state index in [1.807, 2.05) is 11.8 Å². The summed E-state index contributed by atoms with van der Waals surface area (Å²) in [5.41, 5.74) is 0.0307. The summed E-state index contributed by atoms with van der Waals surface area (Å²) in [4.78, 5) is 53.9. The van der Waals surface area contributed by atoms with Crippen molar-refractivity contribution in [2.45, 2.75) is 56.6 Å². The van der Waals surface area contributed by atoms with Gasteiger partial charge in [-0.2, -0.15) is 0 Å². The minimum atomic E-state index is -1.13. The van der Waals surface area contributed by atoms with E-state index in [1.165, 1.54) is 27.7 Å². The molecule has 5 atom stereocenters. The molecule has 35 heavy (non-hydrogen) atoms. The minimum Gasteiger partial charge on any atom is -0.477 e. The highest BCUT2D eigenvalue weighted by Gasteiger charge is 2.60. The molecule has 0 aliphatic carbocycles. The van der Waals surface area contributed by atoms with E-state index in [9.17, 15) is 24.3 Å². The van der Waals surface area contributed by atoms with Gasteiger partial charge in [0.2, 0.25) is 17.7 Å². The van der Waals surface area contributed by atoms with Gasteiger partial charge in [-0.15, -0.1) is 16.9 Å². The number of carbonyl (C=O) groups is 4. The van der Waals surface area contributed by atoms with Crippen molar-refractivity contribution in [1.82, 2.24) is 40.6 Å². The molecule has 0 radical (unpaired) electrons. The molecule has 4 aliphatic rings. The fraction of sp³-hybridized carbons (Fsp3) is 0.667. The van der Waals surface area contributed by atoms with Crippen LogP contribution in [0.5, 0.6) is 0 Å². The fourth-order valence-corrected chi connectivity index (χ4v) is 6.99. The van der Waals surface area contributed by atoms with Crippen molar-refractivity contribution in [2.75, 3.05) is 19.6 Å². The Balaban J connectivity index is 1.22. The average Bonchev–Trinajstić information content (AvgIpc) is 3.51. The molecule has 1 aromatic heterocycles. The van der Waals surface area contributed by atoms with Crippen LogP contribution in [0.1, 0.15) is 26.7 Å². The molecule has 4 aliphatic heterocycles. The van der Waals surface area contributed by atoms with E-state index in [2.05, 4.69) is 26.2 Å². The van der Waals surface area contributed by atoms with Crippen LogP contribution in [0.3, 0.4) is 0 Å². The van der Waals surface area contributed by atoms with E-state index in [4.69, 9.17) is 0 Å². The molecule has 0 unspecified atom stereocenters. The molecule has 3 amide bonds. The predicted molar refractivity (Wildman–Crippen MR) is 122 cm³/mol. The predicted octanol–water partition coefficient (Wildman–Crippen LogP) is -1.35. The number of nitrogens with zero attached hydrogens (tertiary/aromatic N) is 6. The van der Waals surface area contributed by atoms with E-state index < -0.39 is 17.9 Å². The number of thioether (sulfide) groups is 1. The number of nitrogens with one attached hydrogen (secondary N) is 2. The third kappa shape index (κ3) is 4.18. The quantitative estimate of drug-likeness (QED) is 0.361. The maximum Gasteiger partial charge on any atom is 0.353 e. The lowest BCUT2D eigenvalue weighted by atomic mass is 9.78. The van der Waals surface area contributed by atoms with Crippen molar-refractivity contribution in [3.63, 3.8) is 0 Å². The Morgan fingerprint density at radius 1 is 1.34 bits per heavy atom. The second-order valence-corrected chi connectivity index (χ2v) is 10.9. The topological polar surface area (TPSA) is 163 Å². The molecule has 188 valence electrons. The number of carboxylic acids is 1. The number of tetrazole rings is 1. The Kier molecular flexibility index (Phi) is 6.25. The molecule has 3 N–H and O–H groups in total. The van der Waals surface area contributed by atoms with Crippen molar-refractivity contribution >= 4 is 35.5 Å². The van der Waals surface area contributed by atoms with Gasteiger partial charge in [-0.25, -0.2) is 9.48 Å². The Morgan fingerprint density at radius 2 is 2.11 bits per heavy atom. The number of carbonyl (C=O) groups excluding carboxylic acids is 3. The number of fused-ring (bicyclic) bond motifs is 1. The molecule has 0 saturated carbocycles. The van der Waals surface area contributed by atoms with Gasteiger partial charge in [0.05, 0.1) is 18.0 Å². The molecule has 0 aromatic carbocycles. The number of hydrogen-bond acceptors (Lipinski definition) is 9. The summed E-state index contributed by atoms with van der Waals surface area (Å²) in [7, 11) is 0. The minimum absolute atomic E-state index is 0.0307. The first-order valence-corrected chi connectivity index (χ1v) is 12.6. The second-order valence-electron chi connectivity index (χ2n) is 9.53. The number of aliphatic carboxylic acids is 1. The molecule has 0 spiro atoms. The van der Waals surface area contributed by atoms with Crippen LogP contribution in [0.4, 0.5) is 0 Å². The molecule has 5 heterocycles. The van der Waals surface area contributed by atoms with E-state index >= 15 is 0 Å². The molecule has 13 nitrogen and oxygen atoms in total. The molecule has 1 aromatic rings. The number of likely N-dealkylation sites (tertiary alicyclic amines) is 1. The maximum atomic E-state index is 13.0. The van der Waals surface area contributed by atoms with E-state index in [-0.39, 0.29) is 53.2 Å². The number of hydrogen-bond donors (Lipinski definition) is 3. The summed E-state index contributed by atoms with van der Waals surface area (Å²) < 4.78 is 1.28. The third-order valence-corrected chi connectivity index (χ3v) is 8.68. The summed E-state index contributed by atoms with van der Waals surface area (Å²) in [6.45, 7) is 5.59. The van der Waals surface area contributed by atoms with Gasteiger partial charge in [-0.05, 0) is 36.7 Å². The molecular formula is C21H28N8O5S. The summed E-state index contributed by atoms with van der Waals surface area (Å²) in [6, 6.07) is -0.928. The molecule has 0 bridgehead atoms. The highest BCUT2D eigenvalue weighted by atomic mass is 32.2. The molecule has 3 fully saturated rings. The number of aromatic nitrogens is 4. The highest BCUT2D eigenvalue weighted by Crippen LogP contribution is 2.52. The second kappa shape index (κ2) is 9.22. The zero-order chi connectivity index (χ0) is 24.9. The van der Waals surface area contributed by atoms with Crippen molar-refractivity contribution in [2.24, 2.45) is 11.8 Å². The van der Waals surface area contributed by atoms with Gasteiger partial charge in [0.25, 0.3) is 0 Å². The van der Waals surface area contributed by atoms with Gasteiger partial charge in [0.1, 0.15) is 18.6 Å². The summed E-state index contributed by atoms with van der Waals surface area (Å²) in [5, 5.41) is 26.7.